The largest absolute Gasteiger partial charge is 0.339 e. The molecule has 0 radical (unpaired) electrons. The molecular formula is C28H21Cl2FN2O3S3. The maximum Gasteiger partial charge on any atom is 0.273 e. The number of rotatable bonds is 6. The number of aryl methyl sites for hydroxylation is 1. The molecule has 1 N–H and O–H groups in total. The van der Waals surface area contributed by atoms with Crippen LogP contribution in [0, 0.1) is 5.82 Å². The van der Waals surface area contributed by atoms with Gasteiger partial charge < -0.3 is 4.57 Å². The van der Waals surface area contributed by atoms with Crippen molar-refractivity contribution < 1.29 is 17.6 Å². The van der Waals surface area contributed by atoms with Crippen LogP contribution in [0.3, 0.4) is 0 Å². The van der Waals surface area contributed by atoms with Crippen LogP contribution in [0.25, 0.3) is 27.1 Å². The Morgan fingerprint density at radius 2 is 1.90 bits per heavy atom. The lowest BCUT2D eigenvalue weighted by Crippen LogP contribution is -2.28. The van der Waals surface area contributed by atoms with Crippen molar-refractivity contribution in [3.8, 4) is 0 Å². The molecule has 0 unspecified atom stereocenters. The molecule has 1 amide bonds. The van der Waals surface area contributed by atoms with Gasteiger partial charge in [0.1, 0.15) is 14.4 Å². The molecule has 0 saturated carbocycles. The molecular weight excluding hydrogens is 598 g/mol. The van der Waals surface area contributed by atoms with Crippen LogP contribution in [-0.2, 0) is 34.2 Å². The van der Waals surface area contributed by atoms with Crippen molar-refractivity contribution >= 4 is 88.9 Å². The van der Waals surface area contributed by atoms with E-state index in [0.717, 1.165) is 59.6 Å². The summed E-state index contributed by atoms with van der Waals surface area (Å²) in [6.45, 7) is 0.614. The number of hydrogen-bond donors (Lipinski definition) is 1. The minimum Gasteiger partial charge on any atom is -0.339 e. The van der Waals surface area contributed by atoms with E-state index in [0.29, 0.717) is 12.1 Å². The molecule has 0 bridgehead atoms. The zero-order valence-corrected chi connectivity index (χ0v) is 24.3. The third-order valence-electron chi connectivity index (χ3n) is 6.89. The highest BCUT2D eigenvalue weighted by Crippen LogP contribution is 2.37. The number of sulfonamides is 1. The Hall–Kier alpha value is -2.69. The zero-order chi connectivity index (χ0) is 27.3. The van der Waals surface area contributed by atoms with Gasteiger partial charge in [-0.1, -0.05) is 41.4 Å². The number of halogens is 3. The van der Waals surface area contributed by atoms with Crippen molar-refractivity contribution in [2.45, 2.75) is 36.4 Å². The monoisotopic (exact) mass is 618 g/mol. The third-order valence-corrected chi connectivity index (χ3v) is 11.6. The Kier molecular flexibility index (Phi) is 7.05. The van der Waals surface area contributed by atoms with E-state index in [4.69, 9.17) is 23.2 Å². The van der Waals surface area contributed by atoms with Gasteiger partial charge in [0.2, 0.25) is 0 Å². The van der Waals surface area contributed by atoms with Crippen LogP contribution in [0.4, 0.5) is 4.39 Å². The predicted molar refractivity (Wildman–Crippen MR) is 158 cm³/mol. The van der Waals surface area contributed by atoms with Gasteiger partial charge in [-0.2, -0.15) is 0 Å². The smallest absolute Gasteiger partial charge is 0.273 e. The molecule has 0 saturated heterocycles. The minimum absolute atomic E-state index is 0.0929. The number of benzene rings is 2. The Morgan fingerprint density at radius 3 is 2.69 bits per heavy atom. The average molecular weight is 620 g/mol. The lowest BCUT2D eigenvalue weighted by Gasteiger charge is -2.16. The molecule has 6 rings (SSSR count). The first-order valence-corrected chi connectivity index (χ1v) is 16.1. The van der Waals surface area contributed by atoms with Crippen LogP contribution < -0.4 is 4.72 Å². The number of amides is 1. The molecule has 200 valence electrons. The van der Waals surface area contributed by atoms with Gasteiger partial charge in [-0.25, -0.2) is 17.5 Å². The molecule has 5 aromatic rings. The maximum atomic E-state index is 14.9. The molecule has 0 fully saturated rings. The second-order valence-corrected chi connectivity index (χ2v) is 14.2. The minimum atomic E-state index is -4.16. The Morgan fingerprint density at radius 1 is 1.10 bits per heavy atom. The van der Waals surface area contributed by atoms with Gasteiger partial charge in [-0.3, -0.25) is 4.79 Å². The fourth-order valence-corrected chi connectivity index (χ4v) is 9.01. The van der Waals surface area contributed by atoms with Crippen LogP contribution >= 0.6 is 45.9 Å². The molecule has 0 aliphatic heterocycles. The number of nitrogens with one attached hydrogen (secondary N) is 1. The number of nitrogens with zero attached hydrogens (tertiary/aromatic N) is 1. The molecule has 1 aliphatic carbocycles. The van der Waals surface area contributed by atoms with Gasteiger partial charge >= 0.3 is 0 Å². The van der Waals surface area contributed by atoms with Crippen LogP contribution in [-0.4, -0.2) is 18.9 Å². The number of carbonyl (C=O) groups excluding carboxylic acids is 1. The first-order chi connectivity index (χ1) is 18.7. The van der Waals surface area contributed by atoms with Crippen LogP contribution in [0.5, 0.6) is 0 Å². The van der Waals surface area contributed by atoms with E-state index in [1.807, 2.05) is 16.9 Å². The number of hydrogen-bond acceptors (Lipinski definition) is 5. The van der Waals surface area contributed by atoms with E-state index in [2.05, 4.69) is 22.1 Å². The summed E-state index contributed by atoms with van der Waals surface area (Å²) < 4.78 is 45.5. The summed E-state index contributed by atoms with van der Waals surface area (Å²) in [6.07, 6.45) is 6.42. The Balaban J connectivity index is 1.40. The van der Waals surface area contributed by atoms with E-state index in [9.17, 15) is 17.6 Å². The molecule has 3 aromatic heterocycles. The van der Waals surface area contributed by atoms with Gasteiger partial charge in [-0.05, 0) is 77.9 Å². The summed E-state index contributed by atoms with van der Waals surface area (Å²) in [7, 11) is -4.16. The SMILES string of the molecule is O=C(/C=C/c1cc(F)cc2c3c(n(Cc4csc5ccccc45)c12)CCCC3)NS(=O)(=O)c1cc(Cl)c(Cl)s1. The van der Waals surface area contributed by atoms with Crippen molar-refractivity contribution in [3.05, 3.63) is 91.5 Å². The highest BCUT2D eigenvalue weighted by atomic mass is 35.5. The average Bonchev–Trinajstić information content (AvgIpc) is 3.57. The van der Waals surface area contributed by atoms with Crippen molar-refractivity contribution in [1.82, 2.24) is 9.29 Å². The molecule has 0 spiro atoms. The van der Waals surface area contributed by atoms with Crippen molar-refractivity contribution in [3.63, 3.8) is 0 Å². The first-order valence-electron chi connectivity index (χ1n) is 12.2. The van der Waals surface area contributed by atoms with E-state index in [-0.39, 0.29) is 13.6 Å². The van der Waals surface area contributed by atoms with Gasteiger partial charge in [0.05, 0.1) is 10.5 Å². The van der Waals surface area contributed by atoms with Crippen LogP contribution in [0.1, 0.15) is 35.2 Å². The van der Waals surface area contributed by atoms with E-state index in [1.54, 1.807) is 17.4 Å². The van der Waals surface area contributed by atoms with Crippen molar-refractivity contribution in [2.24, 2.45) is 0 Å². The topological polar surface area (TPSA) is 68.2 Å². The molecule has 39 heavy (non-hydrogen) atoms. The second kappa shape index (κ2) is 10.4. The van der Waals surface area contributed by atoms with Gasteiger partial charge in [0.25, 0.3) is 15.9 Å². The van der Waals surface area contributed by atoms with Gasteiger partial charge in [0.15, 0.2) is 0 Å². The fourth-order valence-electron chi connectivity index (χ4n) is 5.23. The third kappa shape index (κ3) is 5.02. The number of carbonyl (C=O) groups is 1. The lowest BCUT2D eigenvalue weighted by molar-refractivity contribution is -0.114. The van der Waals surface area contributed by atoms with Gasteiger partial charge in [-0.15, -0.1) is 22.7 Å². The van der Waals surface area contributed by atoms with Crippen LogP contribution in [0.15, 0.2) is 58.1 Å². The quantitative estimate of drug-likeness (QED) is 0.197. The van der Waals surface area contributed by atoms with Crippen LogP contribution in [0.2, 0.25) is 9.36 Å². The highest BCUT2D eigenvalue weighted by molar-refractivity contribution is 7.92. The highest BCUT2D eigenvalue weighted by Gasteiger charge is 2.24. The molecule has 1 aliphatic rings. The zero-order valence-electron chi connectivity index (χ0n) is 20.3. The first kappa shape index (κ1) is 26.5. The summed E-state index contributed by atoms with van der Waals surface area (Å²) >= 11 is 14.2. The predicted octanol–water partition coefficient (Wildman–Crippen LogP) is 7.81. The fraction of sp³-hybridized carbons (Fsp3) is 0.179. The number of aromatic nitrogens is 1. The molecule has 3 heterocycles. The van der Waals surface area contributed by atoms with Gasteiger partial charge in [0, 0.05) is 34.0 Å². The summed E-state index contributed by atoms with van der Waals surface area (Å²) in [5.74, 6) is -1.27. The summed E-state index contributed by atoms with van der Waals surface area (Å²) in [4.78, 5) is 12.7. The lowest BCUT2D eigenvalue weighted by atomic mass is 9.95. The van der Waals surface area contributed by atoms with E-state index in [1.165, 1.54) is 39.6 Å². The molecule has 11 heteroatoms. The maximum absolute atomic E-state index is 14.9. The Bertz CT molecular complexity index is 1880. The molecule has 2 aromatic carbocycles. The summed E-state index contributed by atoms with van der Waals surface area (Å²) in [5, 5.41) is 4.27. The second-order valence-electron chi connectivity index (χ2n) is 9.36. The van der Waals surface area contributed by atoms with Crippen molar-refractivity contribution in [2.75, 3.05) is 0 Å². The molecule has 0 atom stereocenters. The number of thiophene rings is 2. The summed E-state index contributed by atoms with van der Waals surface area (Å²) in [6, 6.07) is 12.4. The number of fused-ring (bicyclic) bond motifs is 4. The Labute approximate surface area is 242 Å². The van der Waals surface area contributed by atoms with E-state index >= 15 is 0 Å². The summed E-state index contributed by atoms with van der Waals surface area (Å²) in [5.41, 5.74) is 4.85. The normalized spacial score (nSPS) is 13.9. The van der Waals surface area contributed by atoms with E-state index < -0.39 is 21.7 Å². The van der Waals surface area contributed by atoms with Crippen molar-refractivity contribution in [1.29, 1.82) is 0 Å². The molecule has 5 nitrogen and oxygen atoms in total. The standard InChI is InChI=1S/C28H21Cl2FN2O3S3/c29-22-13-26(38-28(22)30)39(35,36)32-25(34)10-9-16-11-18(31)12-21-20-6-1-3-7-23(20)33(27(16)21)14-17-15-37-24-8-4-2-5-19(17)24/h2,4-5,8-13,15H,1,3,6-7,14H2,(H,32,34)/b10-9+.